The van der Waals surface area contributed by atoms with Gasteiger partial charge in [0.1, 0.15) is 0 Å². The molecule has 0 aromatic heterocycles. The van der Waals surface area contributed by atoms with E-state index in [1.165, 1.54) is 6.42 Å². The second kappa shape index (κ2) is 7.21. The molecule has 2 saturated heterocycles. The molecule has 0 radical (unpaired) electrons. The Bertz CT molecular complexity index is 520. The first-order valence-corrected chi connectivity index (χ1v) is 9.75. The first-order chi connectivity index (χ1) is 12.1. The van der Waals surface area contributed by atoms with E-state index >= 15 is 0 Å². The average molecular weight is 350 g/mol. The number of amides is 2. The van der Waals surface area contributed by atoms with Crippen molar-refractivity contribution in [2.45, 2.75) is 37.8 Å². The third-order valence-corrected chi connectivity index (χ3v) is 6.63. The highest BCUT2D eigenvalue weighted by atomic mass is 16.5. The minimum atomic E-state index is -0.0592. The van der Waals surface area contributed by atoms with E-state index in [1.807, 2.05) is 4.90 Å². The van der Waals surface area contributed by atoms with E-state index in [-0.39, 0.29) is 29.8 Å². The van der Waals surface area contributed by atoms with E-state index in [0.717, 1.165) is 52.2 Å². The van der Waals surface area contributed by atoms with Crippen molar-refractivity contribution in [3.05, 3.63) is 0 Å². The number of morpholine rings is 1. The van der Waals surface area contributed by atoms with Gasteiger partial charge in [0.25, 0.3) is 0 Å². The summed E-state index contributed by atoms with van der Waals surface area (Å²) in [6.07, 6.45) is 3.83. The molecule has 5 atom stereocenters. The maximum absolute atomic E-state index is 12.7. The lowest BCUT2D eigenvalue weighted by Crippen LogP contribution is -2.49. The molecule has 2 amide bonds. The maximum Gasteiger partial charge on any atom is 0.225 e. The molecule has 3 N–H and O–H groups in total. The molecule has 2 aliphatic carbocycles. The second-order valence-electron chi connectivity index (χ2n) is 8.14. The molecular weight excluding hydrogens is 320 g/mol. The SMILES string of the molecule is NC1C2CCC(C2)C1C(=O)NC1CC(=O)N(CCN2CCOCC2)C1. The molecule has 7 nitrogen and oxygen atoms in total. The zero-order chi connectivity index (χ0) is 17.4. The van der Waals surface area contributed by atoms with Crippen LogP contribution in [0.5, 0.6) is 0 Å². The quantitative estimate of drug-likeness (QED) is 0.692. The smallest absolute Gasteiger partial charge is 0.225 e. The molecule has 4 rings (SSSR count). The van der Waals surface area contributed by atoms with Crippen LogP contribution in [-0.2, 0) is 14.3 Å². The lowest BCUT2D eigenvalue weighted by atomic mass is 9.84. The number of fused-ring (bicyclic) bond motifs is 2. The summed E-state index contributed by atoms with van der Waals surface area (Å²) in [6, 6.07) is -0.0516. The van der Waals surface area contributed by atoms with Gasteiger partial charge >= 0.3 is 0 Å². The van der Waals surface area contributed by atoms with Crippen molar-refractivity contribution in [3.8, 4) is 0 Å². The number of rotatable bonds is 5. The molecular formula is C18H30N4O3. The number of nitrogens with two attached hydrogens (primary N) is 1. The maximum atomic E-state index is 12.7. The Morgan fingerprint density at radius 2 is 1.96 bits per heavy atom. The standard InChI is InChI=1S/C18H30N4O3/c19-17-13-2-1-12(9-13)16(17)18(24)20-14-10-15(23)22(11-14)4-3-21-5-7-25-8-6-21/h12-14,16-17H,1-11,19H2,(H,20,24). The summed E-state index contributed by atoms with van der Waals surface area (Å²) >= 11 is 0. The molecule has 5 unspecified atom stereocenters. The van der Waals surface area contributed by atoms with E-state index in [0.29, 0.717) is 24.8 Å². The number of carbonyl (C=O) groups excluding carboxylic acids is 2. The van der Waals surface area contributed by atoms with Crippen LogP contribution in [-0.4, -0.2) is 79.6 Å². The van der Waals surface area contributed by atoms with Crippen molar-refractivity contribution < 1.29 is 14.3 Å². The van der Waals surface area contributed by atoms with Crippen LogP contribution in [0.15, 0.2) is 0 Å². The van der Waals surface area contributed by atoms with Crippen LogP contribution in [0.25, 0.3) is 0 Å². The van der Waals surface area contributed by atoms with Gasteiger partial charge in [-0.2, -0.15) is 0 Å². The van der Waals surface area contributed by atoms with Gasteiger partial charge in [0, 0.05) is 45.2 Å². The van der Waals surface area contributed by atoms with Gasteiger partial charge in [-0.25, -0.2) is 0 Å². The average Bonchev–Trinajstić information content (AvgIpc) is 3.29. The third-order valence-electron chi connectivity index (χ3n) is 6.63. The number of nitrogens with one attached hydrogen (secondary N) is 1. The highest BCUT2D eigenvalue weighted by molar-refractivity contribution is 5.84. The van der Waals surface area contributed by atoms with Gasteiger partial charge in [0.05, 0.1) is 25.2 Å². The van der Waals surface area contributed by atoms with Crippen molar-refractivity contribution in [1.82, 2.24) is 15.1 Å². The van der Waals surface area contributed by atoms with Crippen LogP contribution < -0.4 is 11.1 Å². The van der Waals surface area contributed by atoms with Gasteiger partial charge in [0.2, 0.25) is 11.8 Å². The fourth-order valence-corrected chi connectivity index (χ4v) is 5.19. The summed E-state index contributed by atoms with van der Waals surface area (Å²) in [5.74, 6) is 1.16. The fourth-order valence-electron chi connectivity index (χ4n) is 5.19. The topological polar surface area (TPSA) is 87.9 Å². The van der Waals surface area contributed by atoms with Crippen LogP contribution in [0.4, 0.5) is 0 Å². The highest BCUT2D eigenvalue weighted by Gasteiger charge is 2.49. The number of hydrogen-bond acceptors (Lipinski definition) is 5. The van der Waals surface area contributed by atoms with Crippen LogP contribution in [0, 0.1) is 17.8 Å². The fraction of sp³-hybridized carbons (Fsp3) is 0.889. The van der Waals surface area contributed by atoms with E-state index in [4.69, 9.17) is 10.5 Å². The first-order valence-electron chi connectivity index (χ1n) is 9.75. The Kier molecular flexibility index (Phi) is 4.97. The van der Waals surface area contributed by atoms with Crippen molar-refractivity contribution in [2.75, 3.05) is 45.9 Å². The molecule has 2 saturated carbocycles. The first kappa shape index (κ1) is 17.2. The minimum absolute atomic E-state index is 0.00766. The van der Waals surface area contributed by atoms with E-state index in [1.54, 1.807) is 0 Å². The number of hydrogen-bond donors (Lipinski definition) is 2. The second-order valence-corrected chi connectivity index (χ2v) is 8.14. The zero-order valence-electron chi connectivity index (χ0n) is 14.9. The molecule has 0 spiro atoms. The van der Waals surface area contributed by atoms with Gasteiger partial charge < -0.3 is 20.7 Å². The van der Waals surface area contributed by atoms with E-state index in [2.05, 4.69) is 10.2 Å². The molecule has 140 valence electrons. The molecule has 25 heavy (non-hydrogen) atoms. The highest BCUT2D eigenvalue weighted by Crippen LogP contribution is 2.47. The van der Waals surface area contributed by atoms with Crippen LogP contribution in [0.2, 0.25) is 0 Å². The van der Waals surface area contributed by atoms with Gasteiger partial charge in [0.15, 0.2) is 0 Å². The predicted molar refractivity (Wildman–Crippen MR) is 92.7 cm³/mol. The Morgan fingerprint density at radius 3 is 2.68 bits per heavy atom. The molecule has 2 aliphatic heterocycles. The van der Waals surface area contributed by atoms with Gasteiger partial charge in [-0.05, 0) is 31.1 Å². The summed E-state index contributed by atoms with van der Waals surface area (Å²) in [5.41, 5.74) is 6.27. The Hall–Kier alpha value is -1.18. The van der Waals surface area contributed by atoms with Crippen LogP contribution >= 0.6 is 0 Å². The molecule has 2 heterocycles. The van der Waals surface area contributed by atoms with Gasteiger partial charge in [-0.15, -0.1) is 0 Å². The Balaban J connectivity index is 1.25. The summed E-state index contributed by atoms with van der Waals surface area (Å²) in [5, 5.41) is 3.12. The summed E-state index contributed by atoms with van der Waals surface area (Å²) in [6.45, 7) is 5.67. The van der Waals surface area contributed by atoms with E-state index < -0.39 is 0 Å². The minimum Gasteiger partial charge on any atom is -0.379 e. The Morgan fingerprint density at radius 1 is 1.20 bits per heavy atom. The molecule has 2 bridgehead atoms. The Labute approximate surface area is 149 Å². The van der Waals surface area contributed by atoms with Crippen molar-refractivity contribution >= 4 is 11.8 Å². The van der Waals surface area contributed by atoms with Gasteiger partial charge in [-0.3, -0.25) is 14.5 Å². The molecule has 0 aromatic carbocycles. The monoisotopic (exact) mass is 350 g/mol. The number of ether oxygens (including phenoxy) is 1. The molecule has 4 aliphatic rings. The lowest BCUT2D eigenvalue weighted by molar-refractivity contribution is -0.128. The predicted octanol–water partition coefficient (Wildman–Crippen LogP) is -0.591. The summed E-state index contributed by atoms with van der Waals surface area (Å²) in [7, 11) is 0. The molecule has 7 heteroatoms. The number of likely N-dealkylation sites (tertiary alicyclic amines) is 1. The molecule has 0 aromatic rings. The zero-order valence-corrected chi connectivity index (χ0v) is 14.9. The van der Waals surface area contributed by atoms with Crippen LogP contribution in [0.3, 0.4) is 0 Å². The van der Waals surface area contributed by atoms with Gasteiger partial charge in [-0.1, -0.05) is 0 Å². The number of nitrogens with zero attached hydrogens (tertiary/aromatic N) is 2. The van der Waals surface area contributed by atoms with Crippen molar-refractivity contribution in [2.24, 2.45) is 23.5 Å². The molecule has 4 fully saturated rings. The van der Waals surface area contributed by atoms with Crippen molar-refractivity contribution in [1.29, 1.82) is 0 Å². The number of carbonyl (C=O) groups is 2. The van der Waals surface area contributed by atoms with Crippen molar-refractivity contribution in [3.63, 3.8) is 0 Å². The summed E-state index contributed by atoms with van der Waals surface area (Å²) < 4.78 is 5.35. The van der Waals surface area contributed by atoms with Crippen LogP contribution in [0.1, 0.15) is 25.7 Å². The summed E-state index contributed by atoms with van der Waals surface area (Å²) in [4.78, 5) is 29.2. The largest absolute Gasteiger partial charge is 0.379 e. The normalized spacial score (nSPS) is 38.5. The third kappa shape index (κ3) is 3.55. The lowest BCUT2D eigenvalue weighted by Gasteiger charge is -2.29. The van der Waals surface area contributed by atoms with E-state index in [9.17, 15) is 9.59 Å².